The van der Waals surface area contributed by atoms with Crippen molar-refractivity contribution in [2.24, 2.45) is 0 Å². The molecular formula is C14H23ClN2S. The Morgan fingerprint density at radius 2 is 2.17 bits per heavy atom. The van der Waals surface area contributed by atoms with Gasteiger partial charge in [-0.3, -0.25) is 0 Å². The van der Waals surface area contributed by atoms with Crippen molar-refractivity contribution in [2.75, 3.05) is 37.0 Å². The van der Waals surface area contributed by atoms with E-state index in [0.29, 0.717) is 0 Å². The monoisotopic (exact) mass is 286 g/mol. The van der Waals surface area contributed by atoms with Gasteiger partial charge >= 0.3 is 0 Å². The van der Waals surface area contributed by atoms with Gasteiger partial charge in [0.25, 0.3) is 0 Å². The number of benzene rings is 1. The molecule has 2 nitrogen and oxygen atoms in total. The predicted octanol–water partition coefficient (Wildman–Crippen LogP) is 3.64. The van der Waals surface area contributed by atoms with Gasteiger partial charge in [-0.2, -0.15) is 11.8 Å². The maximum atomic E-state index is 6.09. The molecule has 1 aromatic carbocycles. The van der Waals surface area contributed by atoms with Crippen molar-refractivity contribution in [3.63, 3.8) is 0 Å². The highest BCUT2D eigenvalue weighted by Gasteiger charge is 2.07. The lowest BCUT2D eigenvalue weighted by Crippen LogP contribution is -2.23. The third-order valence-electron chi connectivity index (χ3n) is 2.83. The fourth-order valence-corrected chi connectivity index (χ4v) is 2.47. The van der Waals surface area contributed by atoms with Crippen LogP contribution in [0.4, 0.5) is 5.69 Å². The van der Waals surface area contributed by atoms with Crippen molar-refractivity contribution in [3.05, 3.63) is 28.8 Å². The summed E-state index contributed by atoms with van der Waals surface area (Å²) in [6.45, 7) is 5.16. The summed E-state index contributed by atoms with van der Waals surface area (Å²) in [4.78, 5) is 2.30. The van der Waals surface area contributed by atoms with E-state index in [1.165, 1.54) is 11.3 Å². The van der Waals surface area contributed by atoms with E-state index in [1.807, 2.05) is 17.8 Å². The number of thioether (sulfide) groups is 1. The average molecular weight is 287 g/mol. The molecule has 0 aliphatic heterocycles. The largest absolute Gasteiger partial charge is 0.374 e. The van der Waals surface area contributed by atoms with Crippen LogP contribution in [0, 0.1) is 0 Å². The summed E-state index contributed by atoms with van der Waals surface area (Å²) < 4.78 is 0. The van der Waals surface area contributed by atoms with Gasteiger partial charge < -0.3 is 10.2 Å². The summed E-state index contributed by atoms with van der Waals surface area (Å²) in [7, 11) is 2.14. The maximum Gasteiger partial charge on any atom is 0.0410 e. The number of nitrogens with one attached hydrogen (secondary N) is 1. The van der Waals surface area contributed by atoms with E-state index in [1.54, 1.807) is 0 Å². The number of hydrogen-bond acceptors (Lipinski definition) is 3. The summed E-state index contributed by atoms with van der Waals surface area (Å²) >= 11 is 7.96. The van der Waals surface area contributed by atoms with E-state index in [9.17, 15) is 0 Å². The molecule has 0 heterocycles. The van der Waals surface area contributed by atoms with Crippen LogP contribution < -0.4 is 10.2 Å². The molecule has 0 fully saturated rings. The van der Waals surface area contributed by atoms with Crippen LogP contribution >= 0.6 is 23.4 Å². The van der Waals surface area contributed by atoms with E-state index in [-0.39, 0.29) is 0 Å². The quantitative estimate of drug-likeness (QED) is 0.735. The Morgan fingerprint density at radius 1 is 1.39 bits per heavy atom. The zero-order valence-corrected chi connectivity index (χ0v) is 13.1. The molecule has 1 N–H and O–H groups in total. The molecule has 0 unspecified atom stereocenters. The minimum absolute atomic E-state index is 0.810. The minimum atomic E-state index is 0.810. The van der Waals surface area contributed by atoms with E-state index < -0.39 is 0 Å². The first-order chi connectivity index (χ1) is 8.69. The Bertz CT molecular complexity index is 358. The van der Waals surface area contributed by atoms with E-state index in [4.69, 9.17) is 11.6 Å². The normalized spacial score (nSPS) is 10.7. The Morgan fingerprint density at radius 3 is 2.83 bits per heavy atom. The van der Waals surface area contributed by atoms with Crippen molar-refractivity contribution in [1.29, 1.82) is 0 Å². The van der Waals surface area contributed by atoms with Gasteiger partial charge in [0.2, 0.25) is 0 Å². The smallest absolute Gasteiger partial charge is 0.0410 e. The molecule has 102 valence electrons. The van der Waals surface area contributed by atoms with Gasteiger partial charge in [0.1, 0.15) is 0 Å². The van der Waals surface area contributed by atoms with E-state index in [0.717, 1.165) is 36.8 Å². The summed E-state index contributed by atoms with van der Waals surface area (Å²) in [5.41, 5.74) is 2.55. The zero-order valence-electron chi connectivity index (χ0n) is 11.5. The third kappa shape index (κ3) is 5.09. The number of halogens is 1. The fraction of sp³-hybridized carbons (Fsp3) is 0.571. The first kappa shape index (κ1) is 15.7. The van der Waals surface area contributed by atoms with Crippen LogP contribution in [-0.2, 0) is 6.54 Å². The molecule has 0 radical (unpaired) electrons. The standard InChI is InChI=1S/C14H23ClN2S/c1-4-7-16-11-12-10-13(15)5-6-14(12)17(2)8-9-18-3/h5-6,10,16H,4,7-9,11H2,1-3H3. The Hall–Kier alpha value is -0.380. The number of rotatable bonds is 8. The lowest BCUT2D eigenvalue weighted by Gasteiger charge is -2.22. The van der Waals surface area contributed by atoms with Crippen molar-refractivity contribution in [1.82, 2.24) is 5.32 Å². The van der Waals surface area contributed by atoms with Gasteiger partial charge in [-0.25, -0.2) is 0 Å². The SMILES string of the molecule is CCCNCc1cc(Cl)ccc1N(C)CCSC. The molecule has 1 rings (SSSR count). The van der Waals surface area contributed by atoms with Crippen molar-refractivity contribution in [3.8, 4) is 0 Å². The first-order valence-electron chi connectivity index (χ1n) is 6.38. The maximum absolute atomic E-state index is 6.09. The number of hydrogen-bond donors (Lipinski definition) is 1. The van der Waals surface area contributed by atoms with Crippen LogP contribution in [0.1, 0.15) is 18.9 Å². The van der Waals surface area contributed by atoms with Crippen LogP contribution in [0.3, 0.4) is 0 Å². The van der Waals surface area contributed by atoms with E-state index >= 15 is 0 Å². The van der Waals surface area contributed by atoms with Crippen LogP contribution in [0.25, 0.3) is 0 Å². The van der Waals surface area contributed by atoms with Gasteiger partial charge in [-0.15, -0.1) is 0 Å². The molecule has 0 amide bonds. The van der Waals surface area contributed by atoms with Crippen LogP contribution in [-0.4, -0.2) is 32.1 Å². The van der Waals surface area contributed by atoms with E-state index in [2.05, 4.69) is 42.6 Å². The van der Waals surface area contributed by atoms with Crippen LogP contribution in [0.2, 0.25) is 5.02 Å². The molecule has 18 heavy (non-hydrogen) atoms. The topological polar surface area (TPSA) is 15.3 Å². The molecule has 4 heteroatoms. The lowest BCUT2D eigenvalue weighted by molar-refractivity contribution is 0.674. The third-order valence-corrected chi connectivity index (χ3v) is 3.65. The lowest BCUT2D eigenvalue weighted by atomic mass is 10.1. The summed E-state index contributed by atoms with van der Waals surface area (Å²) in [6, 6.07) is 6.15. The highest BCUT2D eigenvalue weighted by molar-refractivity contribution is 7.98. The zero-order chi connectivity index (χ0) is 13.4. The van der Waals surface area contributed by atoms with Crippen molar-refractivity contribution >= 4 is 29.1 Å². The molecule has 0 saturated carbocycles. The molecule has 0 atom stereocenters. The van der Waals surface area contributed by atoms with Gasteiger partial charge in [0.05, 0.1) is 0 Å². The summed E-state index contributed by atoms with van der Waals surface area (Å²) in [6.07, 6.45) is 3.29. The first-order valence-corrected chi connectivity index (χ1v) is 8.15. The summed E-state index contributed by atoms with van der Waals surface area (Å²) in [5.74, 6) is 1.14. The van der Waals surface area contributed by atoms with Gasteiger partial charge in [-0.05, 0) is 43.0 Å². The highest BCUT2D eigenvalue weighted by Crippen LogP contribution is 2.23. The molecule has 0 bridgehead atoms. The second-order valence-corrected chi connectivity index (χ2v) is 5.79. The van der Waals surface area contributed by atoms with Crippen molar-refractivity contribution < 1.29 is 0 Å². The minimum Gasteiger partial charge on any atom is -0.374 e. The van der Waals surface area contributed by atoms with Gasteiger partial charge in [-0.1, -0.05) is 18.5 Å². The second-order valence-electron chi connectivity index (χ2n) is 4.36. The predicted molar refractivity (Wildman–Crippen MR) is 85.1 cm³/mol. The average Bonchev–Trinajstić information content (AvgIpc) is 2.36. The highest BCUT2D eigenvalue weighted by atomic mass is 35.5. The Kier molecular flexibility index (Phi) is 7.56. The molecule has 0 spiro atoms. The fourth-order valence-electron chi connectivity index (χ4n) is 1.82. The van der Waals surface area contributed by atoms with Gasteiger partial charge in [0, 0.05) is 36.6 Å². The molecular weight excluding hydrogens is 264 g/mol. The molecule has 0 aliphatic carbocycles. The van der Waals surface area contributed by atoms with Gasteiger partial charge in [0.15, 0.2) is 0 Å². The molecule has 1 aromatic rings. The molecule has 0 aromatic heterocycles. The van der Waals surface area contributed by atoms with Crippen molar-refractivity contribution in [2.45, 2.75) is 19.9 Å². The Labute approximate surface area is 120 Å². The number of nitrogens with zero attached hydrogens (tertiary/aromatic N) is 1. The molecule has 0 saturated heterocycles. The summed E-state index contributed by atoms with van der Waals surface area (Å²) in [5, 5.41) is 4.25. The van der Waals surface area contributed by atoms with Crippen LogP contribution in [0.15, 0.2) is 18.2 Å². The Balaban J connectivity index is 2.74. The second kappa shape index (κ2) is 8.68. The number of anilines is 1. The molecule has 0 aliphatic rings. The van der Waals surface area contributed by atoms with Crippen LogP contribution in [0.5, 0.6) is 0 Å².